The Morgan fingerprint density at radius 3 is 2.49 bits per heavy atom. The molecule has 0 aliphatic carbocycles. The zero-order chi connectivity index (χ0) is 30.9. The minimum atomic E-state index is -3.98. The lowest BCUT2D eigenvalue weighted by atomic mass is 10.0. The van der Waals surface area contributed by atoms with E-state index in [1.165, 1.54) is 9.21 Å². The van der Waals surface area contributed by atoms with Gasteiger partial charge in [0.1, 0.15) is 16.7 Å². The fourth-order valence-corrected chi connectivity index (χ4v) is 7.26. The van der Waals surface area contributed by atoms with Crippen LogP contribution in [0.1, 0.15) is 29.8 Å². The van der Waals surface area contributed by atoms with Crippen LogP contribution in [0.4, 0.5) is 0 Å². The molecular weight excluding hydrogens is 570 g/mol. The van der Waals surface area contributed by atoms with Crippen molar-refractivity contribution in [1.82, 2.24) is 14.1 Å². The second-order valence-electron chi connectivity index (χ2n) is 11.6. The predicted molar refractivity (Wildman–Crippen MR) is 163 cm³/mol. The topological polar surface area (TPSA) is 109 Å². The van der Waals surface area contributed by atoms with Gasteiger partial charge in [-0.15, -0.1) is 0 Å². The Kier molecular flexibility index (Phi) is 8.98. The van der Waals surface area contributed by atoms with Crippen LogP contribution in [0, 0.1) is 5.92 Å². The molecule has 0 fully saturated rings. The fourth-order valence-electron chi connectivity index (χ4n) is 5.44. The van der Waals surface area contributed by atoms with Gasteiger partial charge in [0.25, 0.3) is 5.91 Å². The van der Waals surface area contributed by atoms with E-state index in [4.69, 9.17) is 14.2 Å². The number of aliphatic hydroxyl groups is 1. The minimum Gasteiger partial charge on any atom is -0.487 e. The SMILES string of the molecule is C[C@@H]1CN([C@H](C)CO)S(=O)(=O)c2ccc(-c3cccc(C(=O)N(C)C)c3)cc2O[C@H]1CN(C)Cc1ccc2c(c1)OCO2. The highest BCUT2D eigenvalue weighted by Crippen LogP contribution is 2.37. The molecule has 1 amide bonds. The maximum atomic E-state index is 13.9. The van der Waals surface area contributed by atoms with Crippen LogP contribution < -0.4 is 14.2 Å². The minimum absolute atomic E-state index is 0.0485. The Bertz CT molecular complexity index is 1590. The van der Waals surface area contributed by atoms with Crippen LogP contribution in [0.3, 0.4) is 0 Å². The first-order valence-corrected chi connectivity index (χ1v) is 15.7. The monoisotopic (exact) mass is 609 g/mol. The molecule has 0 bridgehead atoms. The van der Waals surface area contributed by atoms with Gasteiger partial charge in [-0.2, -0.15) is 4.31 Å². The van der Waals surface area contributed by atoms with E-state index in [9.17, 15) is 18.3 Å². The highest BCUT2D eigenvalue weighted by Gasteiger charge is 2.38. The second-order valence-corrected chi connectivity index (χ2v) is 13.4. The number of likely N-dealkylation sites (N-methyl/N-ethyl adjacent to an activating group) is 1. The molecule has 10 nitrogen and oxygen atoms in total. The molecule has 2 aliphatic heterocycles. The molecule has 0 spiro atoms. The summed E-state index contributed by atoms with van der Waals surface area (Å²) in [6.45, 7) is 4.92. The summed E-state index contributed by atoms with van der Waals surface area (Å²) in [6, 6.07) is 17.5. The quantitative estimate of drug-likeness (QED) is 0.412. The molecule has 230 valence electrons. The molecule has 11 heteroatoms. The number of sulfonamides is 1. The van der Waals surface area contributed by atoms with Gasteiger partial charge in [-0.05, 0) is 67.1 Å². The third-order valence-corrected chi connectivity index (χ3v) is 9.92. The number of hydrogen-bond acceptors (Lipinski definition) is 8. The molecule has 3 aromatic carbocycles. The van der Waals surface area contributed by atoms with E-state index in [1.54, 1.807) is 57.4 Å². The first kappa shape index (κ1) is 30.8. The third-order valence-electron chi connectivity index (χ3n) is 7.90. The number of aliphatic hydroxyl groups excluding tert-OH is 1. The summed E-state index contributed by atoms with van der Waals surface area (Å²) in [5.41, 5.74) is 3.08. The molecule has 43 heavy (non-hydrogen) atoms. The summed E-state index contributed by atoms with van der Waals surface area (Å²) >= 11 is 0. The number of amides is 1. The van der Waals surface area contributed by atoms with Crippen LogP contribution in [-0.4, -0.2) is 93.3 Å². The zero-order valence-corrected chi connectivity index (χ0v) is 26.0. The van der Waals surface area contributed by atoms with Crippen molar-refractivity contribution in [3.05, 3.63) is 71.8 Å². The number of carbonyl (C=O) groups is 1. The Hall–Kier alpha value is -3.64. The van der Waals surface area contributed by atoms with Crippen molar-refractivity contribution < 1.29 is 32.5 Å². The summed E-state index contributed by atoms with van der Waals surface area (Å²) in [6.07, 6.45) is -0.362. The van der Waals surface area contributed by atoms with Crippen molar-refractivity contribution in [2.75, 3.05) is 47.6 Å². The lowest BCUT2D eigenvalue weighted by molar-refractivity contribution is 0.0734. The van der Waals surface area contributed by atoms with Gasteiger partial charge < -0.3 is 24.2 Å². The Balaban J connectivity index is 1.49. The number of hydrogen-bond donors (Lipinski definition) is 1. The first-order valence-electron chi connectivity index (χ1n) is 14.3. The molecule has 0 saturated heterocycles. The molecule has 2 heterocycles. The van der Waals surface area contributed by atoms with Crippen LogP contribution in [0.5, 0.6) is 17.2 Å². The molecule has 0 radical (unpaired) electrons. The van der Waals surface area contributed by atoms with Gasteiger partial charge in [-0.1, -0.05) is 31.2 Å². The molecule has 3 atom stereocenters. The molecule has 0 aromatic heterocycles. The van der Waals surface area contributed by atoms with Gasteiger partial charge in [0, 0.05) is 51.3 Å². The Morgan fingerprint density at radius 1 is 1.00 bits per heavy atom. The predicted octanol–water partition coefficient (Wildman–Crippen LogP) is 3.68. The van der Waals surface area contributed by atoms with Gasteiger partial charge in [0.05, 0.1) is 6.61 Å². The van der Waals surface area contributed by atoms with Crippen LogP contribution in [-0.2, 0) is 16.6 Å². The molecule has 0 unspecified atom stereocenters. The van der Waals surface area contributed by atoms with Crippen LogP contribution in [0.15, 0.2) is 65.6 Å². The third kappa shape index (κ3) is 6.50. The average Bonchev–Trinajstić information content (AvgIpc) is 3.46. The van der Waals surface area contributed by atoms with Crippen molar-refractivity contribution >= 4 is 15.9 Å². The molecule has 0 saturated carbocycles. The normalized spacial score (nSPS) is 20.1. The lowest BCUT2D eigenvalue weighted by Crippen LogP contribution is -2.49. The number of benzene rings is 3. The van der Waals surface area contributed by atoms with Crippen LogP contribution in [0.2, 0.25) is 0 Å². The number of nitrogens with zero attached hydrogens (tertiary/aromatic N) is 3. The summed E-state index contributed by atoms with van der Waals surface area (Å²) in [4.78, 5) is 16.3. The largest absolute Gasteiger partial charge is 0.487 e. The Morgan fingerprint density at radius 2 is 1.74 bits per heavy atom. The highest BCUT2D eigenvalue weighted by molar-refractivity contribution is 7.89. The van der Waals surface area contributed by atoms with E-state index in [0.29, 0.717) is 18.7 Å². The maximum absolute atomic E-state index is 13.9. The molecule has 2 aliphatic rings. The van der Waals surface area contributed by atoms with Crippen LogP contribution >= 0.6 is 0 Å². The summed E-state index contributed by atoms with van der Waals surface area (Å²) < 4.78 is 46.7. The van der Waals surface area contributed by atoms with Gasteiger partial charge in [0.2, 0.25) is 16.8 Å². The smallest absolute Gasteiger partial charge is 0.253 e. The van der Waals surface area contributed by atoms with E-state index in [0.717, 1.165) is 28.2 Å². The van der Waals surface area contributed by atoms with Crippen LogP contribution in [0.25, 0.3) is 11.1 Å². The van der Waals surface area contributed by atoms with E-state index >= 15 is 0 Å². The van der Waals surface area contributed by atoms with Crippen molar-refractivity contribution in [2.45, 2.75) is 37.4 Å². The van der Waals surface area contributed by atoms with Crippen molar-refractivity contribution in [3.63, 3.8) is 0 Å². The van der Waals surface area contributed by atoms with Gasteiger partial charge in [-0.3, -0.25) is 9.69 Å². The second kappa shape index (κ2) is 12.5. The van der Waals surface area contributed by atoms with E-state index in [2.05, 4.69) is 4.90 Å². The number of ether oxygens (including phenoxy) is 3. The van der Waals surface area contributed by atoms with E-state index in [1.807, 2.05) is 38.2 Å². The molecule has 3 aromatic rings. The highest BCUT2D eigenvalue weighted by atomic mass is 32.2. The summed E-state index contributed by atoms with van der Waals surface area (Å²) in [5.74, 6) is 1.37. The lowest BCUT2D eigenvalue weighted by Gasteiger charge is -2.37. The van der Waals surface area contributed by atoms with Gasteiger partial charge in [0.15, 0.2) is 11.5 Å². The summed E-state index contributed by atoms with van der Waals surface area (Å²) in [5, 5.41) is 9.96. The Labute approximate surface area is 253 Å². The first-order chi connectivity index (χ1) is 20.5. The standard InChI is InChI=1S/C32H39N3O7S/c1-21-16-35(22(2)19-36)43(38,39)31-12-10-25(24-7-6-8-26(14-24)32(37)33(3)4)15-29(31)42-30(21)18-34(5)17-23-9-11-27-28(13-23)41-20-40-27/h6-15,21-22,30,36H,16-20H2,1-5H3/t21-,22-,30+/m1/s1. The molecule has 5 rings (SSSR count). The van der Waals surface area contributed by atoms with Crippen molar-refractivity contribution in [3.8, 4) is 28.4 Å². The number of rotatable bonds is 8. The number of fused-ring (bicyclic) bond motifs is 2. The fraction of sp³-hybridized carbons (Fsp3) is 0.406. The van der Waals surface area contributed by atoms with Gasteiger partial charge >= 0.3 is 0 Å². The van der Waals surface area contributed by atoms with Crippen molar-refractivity contribution in [1.29, 1.82) is 0 Å². The maximum Gasteiger partial charge on any atom is 0.253 e. The van der Waals surface area contributed by atoms with E-state index < -0.39 is 16.1 Å². The zero-order valence-electron chi connectivity index (χ0n) is 25.2. The molecule has 1 N–H and O–H groups in total. The number of carbonyl (C=O) groups excluding carboxylic acids is 1. The summed E-state index contributed by atoms with van der Waals surface area (Å²) in [7, 11) is 1.41. The van der Waals surface area contributed by atoms with Crippen molar-refractivity contribution in [2.24, 2.45) is 5.92 Å². The van der Waals surface area contributed by atoms with E-state index in [-0.39, 0.29) is 48.5 Å². The molecular formula is C32H39N3O7S. The van der Waals surface area contributed by atoms with Gasteiger partial charge in [-0.25, -0.2) is 8.42 Å². The average molecular weight is 610 g/mol.